The summed E-state index contributed by atoms with van der Waals surface area (Å²) in [6, 6.07) is 7.32. The average Bonchev–Trinajstić information content (AvgIpc) is 2.85. The highest BCUT2D eigenvalue weighted by Crippen LogP contribution is 2.32. The summed E-state index contributed by atoms with van der Waals surface area (Å²) in [5.41, 5.74) is 8.99. The van der Waals surface area contributed by atoms with Crippen LogP contribution in [0, 0.1) is 6.92 Å². The Kier molecular flexibility index (Phi) is 3.99. The third-order valence-corrected chi connectivity index (χ3v) is 3.38. The number of halogens is 1. The summed E-state index contributed by atoms with van der Waals surface area (Å²) in [6.07, 6.45) is 1.81. The molecule has 2 N–H and O–H groups in total. The van der Waals surface area contributed by atoms with E-state index in [1.165, 1.54) is 0 Å². The maximum atomic E-state index is 12.4. The number of nitrogen functional groups attached to an aromatic ring is 1. The Hall–Kier alpha value is -2.01. The van der Waals surface area contributed by atoms with Crippen molar-refractivity contribution < 1.29 is 9.32 Å². The zero-order valence-corrected chi connectivity index (χ0v) is 11.9. The number of rotatable bonds is 1. The van der Waals surface area contributed by atoms with Gasteiger partial charge in [-0.15, -0.1) is 12.4 Å². The molecule has 0 saturated heterocycles. The quantitative estimate of drug-likeness (QED) is 0.820. The molecule has 0 spiro atoms. The van der Waals surface area contributed by atoms with Gasteiger partial charge in [-0.25, -0.2) is 0 Å². The fourth-order valence-electron chi connectivity index (χ4n) is 2.47. The third kappa shape index (κ3) is 2.36. The zero-order valence-electron chi connectivity index (χ0n) is 11.1. The molecule has 0 unspecified atom stereocenters. The number of nitrogens with two attached hydrogens (primary N) is 1. The largest absolute Gasteiger partial charge is 0.398 e. The molecule has 6 heteroatoms. The van der Waals surface area contributed by atoms with E-state index in [4.69, 9.17) is 10.3 Å². The van der Waals surface area contributed by atoms with Crippen molar-refractivity contribution in [2.75, 3.05) is 17.2 Å². The average molecular weight is 294 g/mol. The highest BCUT2D eigenvalue weighted by atomic mass is 35.5. The molecule has 1 aliphatic rings. The molecule has 1 amide bonds. The number of fused-ring (bicyclic) bond motifs is 1. The predicted octanol–water partition coefficient (Wildman–Crippen LogP) is 2.58. The van der Waals surface area contributed by atoms with Gasteiger partial charge in [0.15, 0.2) is 5.69 Å². The Morgan fingerprint density at radius 1 is 1.45 bits per heavy atom. The lowest BCUT2D eigenvalue weighted by atomic mass is 9.99. The number of carbonyl (C=O) groups is 1. The number of aromatic nitrogens is 1. The Labute approximate surface area is 123 Å². The molecular formula is C14H16ClN3O2. The van der Waals surface area contributed by atoms with Crippen LogP contribution < -0.4 is 10.6 Å². The summed E-state index contributed by atoms with van der Waals surface area (Å²) >= 11 is 0. The summed E-state index contributed by atoms with van der Waals surface area (Å²) in [6.45, 7) is 2.45. The van der Waals surface area contributed by atoms with Crippen molar-refractivity contribution >= 4 is 29.7 Å². The van der Waals surface area contributed by atoms with Crippen LogP contribution in [0.2, 0.25) is 0 Å². The summed E-state index contributed by atoms with van der Waals surface area (Å²) in [5.74, 6) is 0.497. The second-order valence-electron chi connectivity index (χ2n) is 4.73. The summed E-state index contributed by atoms with van der Waals surface area (Å²) < 4.78 is 4.97. The lowest BCUT2D eigenvalue weighted by Crippen LogP contribution is -2.35. The van der Waals surface area contributed by atoms with Gasteiger partial charge in [0, 0.05) is 24.0 Å². The second kappa shape index (κ2) is 5.54. The van der Waals surface area contributed by atoms with Crippen LogP contribution in [0.3, 0.4) is 0 Å². The standard InChI is InChI=1S/C14H15N3O2.ClH/c1-9-8-12(16-19-9)14(18)17-7-3-4-10-11(15)5-2-6-13(10)17;/h2,5-6,8H,3-4,7,15H2,1H3;1H. The molecule has 2 heterocycles. The highest BCUT2D eigenvalue weighted by Gasteiger charge is 2.26. The van der Waals surface area contributed by atoms with Crippen molar-refractivity contribution in [1.29, 1.82) is 0 Å². The highest BCUT2D eigenvalue weighted by molar-refractivity contribution is 6.05. The van der Waals surface area contributed by atoms with Crippen LogP contribution in [0.4, 0.5) is 11.4 Å². The first kappa shape index (κ1) is 14.4. The van der Waals surface area contributed by atoms with Crippen LogP contribution >= 0.6 is 12.4 Å². The lowest BCUT2D eigenvalue weighted by molar-refractivity contribution is 0.0976. The van der Waals surface area contributed by atoms with Gasteiger partial charge in [-0.1, -0.05) is 11.2 Å². The maximum Gasteiger partial charge on any atom is 0.280 e. The third-order valence-electron chi connectivity index (χ3n) is 3.38. The molecule has 2 aromatic rings. The molecule has 3 rings (SSSR count). The minimum absolute atomic E-state index is 0. The summed E-state index contributed by atoms with van der Waals surface area (Å²) in [4.78, 5) is 14.2. The minimum Gasteiger partial charge on any atom is -0.398 e. The van der Waals surface area contributed by atoms with E-state index in [1.807, 2.05) is 18.2 Å². The predicted molar refractivity (Wildman–Crippen MR) is 79.3 cm³/mol. The molecule has 106 valence electrons. The number of hydrogen-bond donors (Lipinski definition) is 1. The molecule has 1 aliphatic heterocycles. The van der Waals surface area contributed by atoms with Crippen LogP contribution in [0.15, 0.2) is 28.8 Å². The van der Waals surface area contributed by atoms with Gasteiger partial charge in [0.25, 0.3) is 5.91 Å². The van der Waals surface area contributed by atoms with Gasteiger partial charge in [0.2, 0.25) is 0 Å². The molecule has 0 aliphatic carbocycles. The van der Waals surface area contributed by atoms with Crippen molar-refractivity contribution in [2.45, 2.75) is 19.8 Å². The van der Waals surface area contributed by atoms with Gasteiger partial charge < -0.3 is 15.2 Å². The van der Waals surface area contributed by atoms with E-state index in [-0.39, 0.29) is 18.3 Å². The first-order valence-electron chi connectivity index (χ1n) is 6.29. The van der Waals surface area contributed by atoms with E-state index in [0.29, 0.717) is 18.0 Å². The van der Waals surface area contributed by atoms with Gasteiger partial charge in [-0.05, 0) is 37.5 Å². The SMILES string of the molecule is Cc1cc(C(=O)N2CCCc3c(N)cccc32)no1.Cl. The van der Waals surface area contributed by atoms with Crippen molar-refractivity contribution in [3.05, 3.63) is 41.3 Å². The monoisotopic (exact) mass is 293 g/mol. The van der Waals surface area contributed by atoms with Crippen molar-refractivity contribution in [3.63, 3.8) is 0 Å². The van der Waals surface area contributed by atoms with Crippen LogP contribution in [0.1, 0.15) is 28.2 Å². The fourth-order valence-corrected chi connectivity index (χ4v) is 2.47. The number of benzene rings is 1. The number of nitrogens with zero attached hydrogens (tertiary/aromatic N) is 2. The number of amides is 1. The van der Waals surface area contributed by atoms with E-state index in [0.717, 1.165) is 29.8 Å². The molecule has 0 fully saturated rings. The smallest absolute Gasteiger partial charge is 0.280 e. The lowest BCUT2D eigenvalue weighted by Gasteiger charge is -2.29. The van der Waals surface area contributed by atoms with Crippen molar-refractivity contribution in [3.8, 4) is 0 Å². The van der Waals surface area contributed by atoms with Crippen molar-refractivity contribution in [2.24, 2.45) is 0 Å². The number of carbonyl (C=O) groups excluding carboxylic acids is 1. The van der Waals surface area contributed by atoms with E-state index in [9.17, 15) is 4.79 Å². The topological polar surface area (TPSA) is 72.4 Å². The maximum absolute atomic E-state index is 12.4. The Bertz CT molecular complexity index is 639. The molecule has 0 saturated carbocycles. The van der Waals surface area contributed by atoms with Gasteiger partial charge in [0.1, 0.15) is 5.76 Å². The van der Waals surface area contributed by atoms with Crippen LogP contribution in [0.5, 0.6) is 0 Å². The van der Waals surface area contributed by atoms with Crippen LogP contribution in [0.25, 0.3) is 0 Å². The van der Waals surface area contributed by atoms with E-state index in [2.05, 4.69) is 5.16 Å². The number of hydrogen-bond acceptors (Lipinski definition) is 4. The number of anilines is 2. The molecule has 5 nitrogen and oxygen atoms in total. The molecule has 0 radical (unpaired) electrons. The van der Waals surface area contributed by atoms with E-state index >= 15 is 0 Å². The van der Waals surface area contributed by atoms with Gasteiger partial charge in [-0.2, -0.15) is 0 Å². The molecule has 1 aromatic heterocycles. The summed E-state index contributed by atoms with van der Waals surface area (Å²) in [7, 11) is 0. The minimum atomic E-state index is -0.136. The van der Waals surface area contributed by atoms with E-state index < -0.39 is 0 Å². The van der Waals surface area contributed by atoms with Gasteiger partial charge >= 0.3 is 0 Å². The van der Waals surface area contributed by atoms with Gasteiger partial charge in [0.05, 0.1) is 0 Å². The number of aryl methyl sites for hydroxylation is 1. The van der Waals surface area contributed by atoms with E-state index in [1.54, 1.807) is 17.9 Å². The van der Waals surface area contributed by atoms with Crippen molar-refractivity contribution in [1.82, 2.24) is 5.16 Å². The molecular weight excluding hydrogens is 278 g/mol. The first-order valence-corrected chi connectivity index (χ1v) is 6.29. The molecule has 0 atom stereocenters. The fraction of sp³-hybridized carbons (Fsp3) is 0.286. The van der Waals surface area contributed by atoms with Crippen LogP contribution in [-0.4, -0.2) is 17.6 Å². The molecule has 1 aromatic carbocycles. The first-order chi connectivity index (χ1) is 9.16. The second-order valence-corrected chi connectivity index (χ2v) is 4.73. The summed E-state index contributed by atoms with van der Waals surface area (Å²) in [5, 5.41) is 3.79. The Balaban J connectivity index is 0.00000147. The van der Waals surface area contributed by atoms with Crippen LogP contribution in [-0.2, 0) is 6.42 Å². The van der Waals surface area contributed by atoms with Gasteiger partial charge in [-0.3, -0.25) is 4.79 Å². The normalized spacial score (nSPS) is 13.6. The molecule has 20 heavy (non-hydrogen) atoms. The Morgan fingerprint density at radius 3 is 2.95 bits per heavy atom. The zero-order chi connectivity index (χ0) is 13.4. The molecule has 0 bridgehead atoms. The Morgan fingerprint density at radius 2 is 2.25 bits per heavy atom.